The molecule has 0 unspecified atom stereocenters. The van der Waals surface area contributed by atoms with Crippen LogP contribution in [0.15, 0.2) is 11.6 Å². The quantitative estimate of drug-likeness (QED) is 0.301. The molecule has 0 N–H and O–H groups in total. The summed E-state index contributed by atoms with van der Waals surface area (Å²) in [6.07, 6.45) is 20.3. The van der Waals surface area contributed by atoms with Crippen molar-refractivity contribution >= 4 is 17.4 Å². The number of hydrogen-bond acceptors (Lipinski definition) is 1. The number of halogens is 1. The predicted molar refractivity (Wildman–Crippen MR) is 123 cm³/mol. The summed E-state index contributed by atoms with van der Waals surface area (Å²) in [6, 6.07) is 0. The second kappa shape index (κ2) is 8.68. The molecular formula is C27H43ClO. The zero-order valence-electron chi connectivity index (χ0n) is 19.1. The molecule has 2 heteroatoms. The number of carbonyl (C=O) groups is 1. The highest BCUT2D eigenvalue weighted by atomic mass is 35.5. The van der Waals surface area contributed by atoms with Crippen molar-refractivity contribution in [3.8, 4) is 0 Å². The molecule has 0 aliphatic heterocycles. The molecule has 7 atom stereocenters. The minimum absolute atomic E-state index is 0.237. The Morgan fingerprint density at radius 3 is 2.52 bits per heavy atom. The molecule has 4 aliphatic rings. The van der Waals surface area contributed by atoms with Crippen molar-refractivity contribution in [2.45, 2.75) is 116 Å². The van der Waals surface area contributed by atoms with E-state index in [1.807, 2.05) is 0 Å². The van der Waals surface area contributed by atoms with Gasteiger partial charge in [-0.25, -0.2) is 0 Å². The number of alkyl halides is 1. The van der Waals surface area contributed by atoms with E-state index in [2.05, 4.69) is 26.8 Å². The number of rotatable bonds is 7. The van der Waals surface area contributed by atoms with Crippen molar-refractivity contribution in [2.24, 2.45) is 34.5 Å². The summed E-state index contributed by atoms with van der Waals surface area (Å²) in [5, 5.41) is 0.237. The van der Waals surface area contributed by atoms with Gasteiger partial charge in [0.15, 0.2) is 5.78 Å². The summed E-state index contributed by atoms with van der Waals surface area (Å²) in [5.41, 5.74) is 2.04. The molecule has 0 aromatic heterocycles. The van der Waals surface area contributed by atoms with E-state index in [9.17, 15) is 4.79 Å². The van der Waals surface area contributed by atoms with Crippen LogP contribution in [0.3, 0.4) is 0 Å². The average molecular weight is 419 g/mol. The summed E-state index contributed by atoms with van der Waals surface area (Å²) < 4.78 is 0. The van der Waals surface area contributed by atoms with E-state index < -0.39 is 0 Å². The van der Waals surface area contributed by atoms with Gasteiger partial charge in [0.1, 0.15) is 0 Å². The highest BCUT2D eigenvalue weighted by Gasteiger charge is 2.60. The summed E-state index contributed by atoms with van der Waals surface area (Å²) in [6.45, 7) is 7.33. The first kappa shape index (κ1) is 21.9. The van der Waals surface area contributed by atoms with Crippen LogP contribution in [0.4, 0.5) is 0 Å². The Morgan fingerprint density at radius 1 is 0.966 bits per heavy atom. The Kier molecular flexibility index (Phi) is 6.56. The molecule has 0 radical (unpaired) electrons. The highest BCUT2D eigenvalue weighted by molar-refractivity contribution is 6.20. The van der Waals surface area contributed by atoms with Crippen molar-refractivity contribution < 1.29 is 4.79 Å². The Hall–Kier alpha value is -0.300. The van der Waals surface area contributed by atoms with Gasteiger partial charge in [0, 0.05) is 11.3 Å². The second-order valence-corrected chi connectivity index (χ2v) is 12.1. The van der Waals surface area contributed by atoms with E-state index in [1.54, 1.807) is 0 Å². The maximum atomic E-state index is 13.4. The summed E-state index contributed by atoms with van der Waals surface area (Å²) >= 11 is 6.49. The zero-order chi connectivity index (χ0) is 20.6. The van der Waals surface area contributed by atoms with Crippen molar-refractivity contribution in [3.05, 3.63) is 11.6 Å². The van der Waals surface area contributed by atoms with Gasteiger partial charge in [-0.3, -0.25) is 4.79 Å². The first-order chi connectivity index (χ1) is 13.9. The van der Waals surface area contributed by atoms with Gasteiger partial charge in [0.25, 0.3) is 0 Å². The first-order valence-electron chi connectivity index (χ1n) is 12.8. The lowest BCUT2D eigenvalue weighted by molar-refractivity contribution is -0.133. The highest BCUT2D eigenvalue weighted by Crippen LogP contribution is 2.66. The van der Waals surface area contributed by atoms with E-state index in [0.29, 0.717) is 29.0 Å². The Balaban J connectivity index is 1.45. The van der Waals surface area contributed by atoms with Gasteiger partial charge >= 0.3 is 0 Å². The number of carbonyl (C=O) groups excluding carboxylic acids is 1. The van der Waals surface area contributed by atoms with Gasteiger partial charge in [-0.05, 0) is 86.0 Å². The fourth-order valence-electron chi connectivity index (χ4n) is 8.11. The van der Waals surface area contributed by atoms with Crippen LogP contribution in [-0.2, 0) is 4.79 Å². The van der Waals surface area contributed by atoms with Crippen LogP contribution >= 0.6 is 11.6 Å². The first-order valence-corrected chi connectivity index (χ1v) is 13.2. The standard InChI is InChI=1S/C27H43ClO/c1-4-5-6-7-8-9-10-19-11-12-22-25-23(14-16-26(19,22)2)27(3)15-13-21(28)17-20(27)18-24(25)29/h18-19,21-23,25H,4-17H2,1-3H3/t19-,21-,22-,23-,25-,26+,27-/m0/s1. The number of fused-ring (bicyclic) bond motifs is 5. The lowest BCUT2D eigenvalue weighted by Crippen LogP contribution is -2.53. The third-order valence-corrected chi connectivity index (χ3v) is 10.4. The van der Waals surface area contributed by atoms with Crippen LogP contribution in [0.5, 0.6) is 0 Å². The lowest BCUT2D eigenvalue weighted by Gasteiger charge is -2.57. The van der Waals surface area contributed by atoms with Gasteiger partial charge in [-0.1, -0.05) is 64.9 Å². The summed E-state index contributed by atoms with van der Waals surface area (Å²) in [7, 11) is 0. The van der Waals surface area contributed by atoms with Crippen LogP contribution in [-0.4, -0.2) is 11.2 Å². The maximum Gasteiger partial charge on any atom is 0.159 e. The van der Waals surface area contributed by atoms with Crippen molar-refractivity contribution in [1.29, 1.82) is 0 Å². The molecule has 4 rings (SSSR count). The Morgan fingerprint density at radius 2 is 1.72 bits per heavy atom. The van der Waals surface area contributed by atoms with Gasteiger partial charge < -0.3 is 0 Å². The SMILES string of the molecule is CCCCCCCC[C@H]1CC[C@H]2[C@@H]3C(=O)C=C4C[C@@H](Cl)CC[C@]4(C)[C@H]3CC[C@]12C. The van der Waals surface area contributed by atoms with Gasteiger partial charge in [-0.15, -0.1) is 11.6 Å². The molecule has 164 valence electrons. The molecule has 1 nitrogen and oxygen atoms in total. The van der Waals surface area contributed by atoms with Gasteiger partial charge in [0.05, 0.1) is 0 Å². The van der Waals surface area contributed by atoms with Gasteiger partial charge in [-0.2, -0.15) is 0 Å². The molecular weight excluding hydrogens is 376 g/mol. The Labute approximate surface area is 184 Å². The van der Waals surface area contributed by atoms with Crippen LogP contribution in [0.25, 0.3) is 0 Å². The fourth-order valence-corrected chi connectivity index (χ4v) is 8.39. The number of allylic oxidation sites excluding steroid dienone is 2. The van der Waals surface area contributed by atoms with E-state index in [0.717, 1.165) is 18.8 Å². The molecule has 4 aliphatic carbocycles. The molecule has 0 spiro atoms. The van der Waals surface area contributed by atoms with Crippen molar-refractivity contribution in [1.82, 2.24) is 0 Å². The van der Waals surface area contributed by atoms with Gasteiger partial charge in [0.2, 0.25) is 0 Å². The molecule has 29 heavy (non-hydrogen) atoms. The van der Waals surface area contributed by atoms with Crippen LogP contribution < -0.4 is 0 Å². The molecule has 0 bridgehead atoms. The minimum atomic E-state index is 0.237. The maximum absolute atomic E-state index is 13.4. The molecule has 0 amide bonds. The smallest absolute Gasteiger partial charge is 0.159 e. The fraction of sp³-hybridized carbons (Fsp3) is 0.889. The normalized spacial score (nSPS) is 44.1. The minimum Gasteiger partial charge on any atom is -0.295 e. The van der Waals surface area contributed by atoms with Crippen molar-refractivity contribution in [2.75, 3.05) is 0 Å². The summed E-state index contributed by atoms with van der Waals surface area (Å²) in [5.74, 6) is 2.81. The van der Waals surface area contributed by atoms with E-state index in [4.69, 9.17) is 11.6 Å². The zero-order valence-corrected chi connectivity index (χ0v) is 19.9. The van der Waals surface area contributed by atoms with Crippen molar-refractivity contribution in [3.63, 3.8) is 0 Å². The number of ketones is 1. The molecule has 0 saturated heterocycles. The molecule has 0 aromatic rings. The Bertz CT molecular complexity index is 638. The van der Waals surface area contributed by atoms with E-state index in [-0.39, 0.29) is 10.8 Å². The lowest BCUT2D eigenvalue weighted by atomic mass is 9.47. The third kappa shape index (κ3) is 3.88. The predicted octanol–water partition coefficient (Wildman–Crippen LogP) is 8.10. The second-order valence-electron chi connectivity index (χ2n) is 11.4. The van der Waals surface area contributed by atoms with Crippen LogP contribution in [0.2, 0.25) is 0 Å². The van der Waals surface area contributed by atoms with Crippen LogP contribution in [0, 0.1) is 34.5 Å². The molecule has 3 saturated carbocycles. The average Bonchev–Trinajstić information content (AvgIpc) is 3.02. The van der Waals surface area contributed by atoms with Crippen LogP contribution in [0.1, 0.15) is 111 Å². The molecule has 3 fully saturated rings. The molecule has 0 aromatic carbocycles. The third-order valence-electron chi connectivity index (χ3n) is 9.99. The monoisotopic (exact) mass is 418 g/mol. The number of hydrogen-bond donors (Lipinski definition) is 0. The largest absolute Gasteiger partial charge is 0.295 e. The molecule has 0 heterocycles. The number of unbranched alkanes of at least 4 members (excludes halogenated alkanes) is 5. The topological polar surface area (TPSA) is 17.1 Å². The van der Waals surface area contributed by atoms with E-state index >= 15 is 0 Å². The van der Waals surface area contributed by atoms with E-state index in [1.165, 1.54) is 82.6 Å². The summed E-state index contributed by atoms with van der Waals surface area (Å²) in [4.78, 5) is 13.4.